The van der Waals surface area contributed by atoms with Gasteiger partial charge in [0, 0.05) is 27.8 Å². The van der Waals surface area contributed by atoms with Crippen LogP contribution < -0.4 is 0 Å². The lowest BCUT2D eigenvalue weighted by Crippen LogP contribution is -1.99. The first-order chi connectivity index (χ1) is 9.95. The number of hydrogen-bond donors (Lipinski definition) is 1. The second-order valence-electron chi connectivity index (χ2n) is 3.99. The minimum absolute atomic E-state index is 0.00853. The Morgan fingerprint density at radius 3 is 2.95 bits per heavy atom. The Morgan fingerprint density at radius 1 is 1.52 bits per heavy atom. The maximum absolute atomic E-state index is 10.9. The van der Waals surface area contributed by atoms with Crippen molar-refractivity contribution in [3.05, 3.63) is 50.0 Å². The number of aromatic nitrogens is 1. The van der Waals surface area contributed by atoms with Crippen LogP contribution in [0.1, 0.15) is 11.3 Å². The SMILES string of the molecule is O=C(O)Cc1csc(SCc2cc(Cl)ccc2[N+](=O)[O-])n1. The molecule has 0 fully saturated rings. The van der Waals surface area contributed by atoms with Crippen LogP contribution in [0, 0.1) is 10.1 Å². The molecule has 0 unspecified atom stereocenters. The molecular formula is C12H9ClN2O4S2. The van der Waals surface area contributed by atoms with Crippen LogP contribution in [0.4, 0.5) is 5.69 Å². The third-order valence-corrected chi connectivity index (χ3v) is 4.81. The maximum Gasteiger partial charge on any atom is 0.309 e. The number of nitrogens with zero attached hydrogens (tertiary/aromatic N) is 2. The molecule has 0 bridgehead atoms. The molecule has 0 atom stereocenters. The highest BCUT2D eigenvalue weighted by molar-refractivity contribution is 8.00. The van der Waals surface area contributed by atoms with Crippen LogP contribution >= 0.6 is 34.7 Å². The van der Waals surface area contributed by atoms with Crippen LogP contribution in [-0.4, -0.2) is 21.0 Å². The molecule has 0 saturated heterocycles. The maximum atomic E-state index is 10.9. The number of halogens is 1. The van der Waals surface area contributed by atoms with E-state index in [9.17, 15) is 14.9 Å². The van der Waals surface area contributed by atoms with Gasteiger partial charge in [-0.15, -0.1) is 11.3 Å². The normalized spacial score (nSPS) is 10.5. The first kappa shape index (κ1) is 15.7. The van der Waals surface area contributed by atoms with Crippen molar-refractivity contribution in [1.82, 2.24) is 4.98 Å². The number of thioether (sulfide) groups is 1. The standard InChI is InChI=1S/C12H9ClN2O4S2/c13-8-1-2-10(15(18)19)7(3-8)5-20-12-14-9(6-21-12)4-11(16)17/h1-3,6H,4-5H2,(H,16,17). The van der Waals surface area contributed by atoms with Crippen LogP contribution in [0.15, 0.2) is 27.9 Å². The molecule has 110 valence electrons. The van der Waals surface area contributed by atoms with E-state index < -0.39 is 10.9 Å². The molecule has 1 aromatic heterocycles. The first-order valence-electron chi connectivity index (χ1n) is 5.67. The third-order valence-electron chi connectivity index (χ3n) is 2.45. The van der Waals surface area contributed by atoms with Gasteiger partial charge in [-0.25, -0.2) is 4.98 Å². The Labute approximate surface area is 132 Å². The first-order valence-corrected chi connectivity index (χ1v) is 7.92. The summed E-state index contributed by atoms with van der Waals surface area (Å²) in [6, 6.07) is 4.40. The fraction of sp³-hybridized carbons (Fsp3) is 0.167. The lowest BCUT2D eigenvalue weighted by molar-refractivity contribution is -0.385. The minimum Gasteiger partial charge on any atom is -0.481 e. The van der Waals surface area contributed by atoms with E-state index in [-0.39, 0.29) is 12.1 Å². The Balaban J connectivity index is 2.09. The van der Waals surface area contributed by atoms with Gasteiger partial charge in [0.05, 0.1) is 17.0 Å². The fourth-order valence-corrected chi connectivity index (χ4v) is 3.60. The molecule has 6 nitrogen and oxygen atoms in total. The van der Waals surface area contributed by atoms with Gasteiger partial charge in [-0.3, -0.25) is 14.9 Å². The number of thiazole rings is 1. The highest BCUT2D eigenvalue weighted by atomic mass is 35.5. The van der Waals surface area contributed by atoms with E-state index in [0.29, 0.717) is 26.4 Å². The average molecular weight is 345 g/mol. The molecule has 0 aliphatic heterocycles. The van der Waals surface area contributed by atoms with Gasteiger partial charge < -0.3 is 5.11 Å². The summed E-state index contributed by atoms with van der Waals surface area (Å²) in [5.74, 6) is -0.598. The Bertz CT molecular complexity index is 690. The molecule has 21 heavy (non-hydrogen) atoms. The second kappa shape index (κ2) is 6.88. The van der Waals surface area contributed by atoms with Gasteiger partial charge in [0.15, 0.2) is 0 Å². The van der Waals surface area contributed by atoms with E-state index in [0.717, 1.165) is 0 Å². The molecule has 2 aromatic rings. The van der Waals surface area contributed by atoms with Gasteiger partial charge in [-0.1, -0.05) is 23.4 Å². The Morgan fingerprint density at radius 2 is 2.29 bits per heavy atom. The number of carboxylic acids is 1. The number of nitro groups is 1. The van der Waals surface area contributed by atoms with Crippen molar-refractivity contribution in [3.8, 4) is 0 Å². The molecule has 0 aliphatic rings. The summed E-state index contributed by atoms with van der Waals surface area (Å²) in [7, 11) is 0. The summed E-state index contributed by atoms with van der Waals surface area (Å²) < 4.78 is 0.667. The molecule has 1 heterocycles. The van der Waals surface area contributed by atoms with Crippen molar-refractivity contribution in [2.45, 2.75) is 16.5 Å². The molecule has 0 saturated carbocycles. The zero-order chi connectivity index (χ0) is 15.4. The zero-order valence-corrected chi connectivity index (χ0v) is 12.9. The van der Waals surface area contributed by atoms with Crippen molar-refractivity contribution in [2.24, 2.45) is 0 Å². The summed E-state index contributed by atoms with van der Waals surface area (Å²) >= 11 is 8.48. The van der Waals surface area contributed by atoms with E-state index in [4.69, 9.17) is 16.7 Å². The monoisotopic (exact) mass is 344 g/mol. The van der Waals surface area contributed by atoms with Gasteiger partial charge in [-0.2, -0.15) is 0 Å². The lowest BCUT2D eigenvalue weighted by Gasteiger charge is -2.02. The fourth-order valence-electron chi connectivity index (χ4n) is 1.58. The molecule has 2 rings (SSSR count). The summed E-state index contributed by atoms with van der Waals surface area (Å²) in [5.41, 5.74) is 0.997. The van der Waals surface area contributed by atoms with Gasteiger partial charge in [0.1, 0.15) is 4.34 Å². The predicted molar refractivity (Wildman–Crippen MR) is 81.1 cm³/mol. The smallest absolute Gasteiger partial charge is 0.309 e. The quantitative estimate of drug-likeness (QED) is 0.488. The number of hydrogen-bond acceptors (Lipinski definition) is 6. The van der Waals surface area contributed by atoms with E-state index in [1.54, 1.807) is 11.4 Å². The van der Waals surface area contributed by atoms with Crippen LogP contribution in [0.2, 0.25) is 5.02 Å². The number of benzene rings is 1. The van der Waals surface area contributed by atoms with E-state index >= 15 is 0 Å². The topological polar surface area (TPSA) is 93.3 Å². The van der Waals surface area contributed by atoms with Crippen molar-refractivity contribution < 1.29 is 14.8 Å². The predicted octanol–water partition coefficient (Wildman–Crippen LogP) is 3.62. The van der Waals surface area contributed by atoms with Crippen LogP contribution in [-0.2, 0) is 17.0 Å². The van der Waals surface area contributed by atoms with Crippen molar-refractivity contribution in [3.63, 3.8) is 0 Å². The number of carboxylic acid groups (broad SMARTS) is 1. The van der Waals surface area contributed by atoms with E-state index in [1.165, 1.54) is 35.2 Å². The summed E-state index contributed by atoms with van der Waals surface area (Å²) in [4.78, 5) is 25.2. The van der Waals surface area contributed by atoms with Gasteiger partial charge in [0.2, 0.25) is 0 Å². The number of nitro benzene ring substituents is 1. The third kappa shape index (κ3) is 4.42. The van der Waals surface area contributed by atoms with Crippen LogP contribution in [0.25, 0.3) is 0 Å². The van der Waals surface area contributed by atoms with Crippen molar-refractivity contribution in [1.29, 1.82) is 0 Å². The number of aliphatic carboxylic acids is 1. The minimum atomic E-state index is -0.942. The molecule has 0 radical (unpaired) electrons. The number of carbonyl (C=O) groups is 1. The van der Waals surface area contributed by atoms with Crippen LogP contribution in [0.5, 0.6) is 0 Å². The molecule has 1 aromatic carbocycles. The zero-order valence-electron chi connectivity index (χ0n) is 10.5. The van der Waals surface area contributed by atoms with Crippen LogP contribution in [0.3, 0.4) is 0 Å². The largest absolute Gasteiger partial charge is 0.481 e. The van der Waals surface area contributed by atoms with E-state index in [2.05, 4.69) is 4.98 Å². The molecule has 0 aliphatic carbocycles. The Hall–Kier alpha value is -1.64. The molecular weight excluding hydrogens is 336 g/mol. The highest BCUT2D eigenvalue weighted by Gasteiger charge is 2.15. The van der Waals surface area contributed by atoms with Gasteiger partial charge in [-0.05, 0) is 12.1 Å². The van der Waals surface area contributed by atoms with E-state index in [1.807, 2.05) is 0 Å². The van der Waals surface area contributed by atoms with Crippen molar-refractivity contribution in [2.75, 3.05) is 0 Å². The number of rotatable bonds is 6. The lowest BCUT2D eigenvalue weighted by atomic mass is 10.2. The summed E-state index contributed by atoms with van der Waals surface area (Å²) in [6.07, 6.45) is -0.131. The van der Waals surface area contributed by atoms with Gasteiger partial charge in [0.25, 0.3) is 5.69 Å². The molecule has 0 amide bonds. The average Bonchev–Trinajstić information content (AvgIpc) is 2.82. The Kier molecular flexibility index (Phi) is 5.16. The van der Waals surface area contributed by atoms with Gasteiger partial charge >= 0.3 is 5.97 Å². The summed E-state index contributed by atoms with van der Waals surface area (Å²) in [5, 5.41) is 21.7. The highest BCUT2D eigenvalue weighted by Crippen LogP contribution is 2.31. The molecule has 1 N–H and O–H groups in total. The molecule has 9 heteroatoms. The second-order valence-corrected chi connectivity index (χ2v) is 6.51. The summed E-state index contributed by atoms with van der Waals surface area (Å²) in [6.45, 7) is 0. The molecule has 0 spiro atoms. The van der Waals surface area contributed by atoms with Crippen molar-refractivity contribution >= 4 is 46.4 Å².